The van der Waals surface area contributed by atoms with Gasteiger partial charge in [-0.15, -0.1) is 0 Å². The van der Waals surface area contributed by atoms with Crippen LogP contribution in [-0.2, 0) is 10.3 Å². The average molecular weight is 428 g/mol. The number of ether oxygens (including phenoxy) is 1. The van der Waals surface area contributed by atoms with Crippen molar-refractivity contribution in [3.05, 3.63) is 42.1 Å². The van der Waals surface area contributed by atoms with Crippen molar-refractivity contribution in [1.82, 2.24) is 15.0 Å². The summed E-state index contributed by atoms with van der Waals surface area (Å²) in [7, 11) is 0. The molecule has 0 radical (unpaired) electrons. The first-order valence-electron chi connectivity index (χ1n) is 10.8. The van der Waals surface area contributed by atoms with Crippen LogP contribution >= 0.6 is 0 Å². The molecule has 0 unspecified atom stereocenters. The Bertz CT molecular complexity index is 1070. The molecule has 5 rings (SSSR count). The molecule has 2 aliphatic heterocycles. The quantitative estimate of drug-likeness (QED) is 0.591. The predicted molar refractivity (Wildman–Crippen MR) is 114 cm³/mol. The Hall–Kier alpha value is -2.78. The number of halogens is 1. The number of rotatable bonds is 4. The van der Waals surface area contributed by atoms with Gasteiger partial charge in [0.15, 0.2) is 11.8 Å². The Morgan fingerprint density at radius 3 is 2.77 bits per heavy atom. The van der Waals surface area contributed by atoms with Gasteiger partial charge in [-0.05, 0) is 31.9 Å². The molecule has 0 amide bonds. The molecular weight excluding hydrogens is 399 g/mol. The molecule has 4 N–H and O–H groups in total. The van der Waals surface area contributed by atoms with Crippen LogP contribution in [0.3, 0.4) is 0 Å². The second-order valence-electron chi connectivity index (χ2n) is 8.86. The van der Waals surface area contributed by atoms with Crippen molar-refractivity contribution in [2.75, 3.05) is 36.5 Å². The third-order valence-electron chi connectivity index (χ3n) is 6.60. The molecule has 0 aliphatic carbocycles. The number of nitrogens with one attached hydrogen (secondary N) is 3. The summed E-state index contributed by atoms with van der Waals surface area (Å²) in [4.78, 5) is 17.5. The third kappa shape index (κ3) is 3.95. The summed E-state index contributed by atoms with van der Waals surface area (Å²) < 4.78 is 19.4. The van der Waals surface area contributed by atoms with Crippen molar-refractivity contribution < 1.29 is 19.2 Å². The molecule has 164 valence electrons. The number of anilines is 2. The standard InChI is InChI=1S/C22H27FN6O2/c1-21(4-8-29(9-5-21)18-3-2-17-20(27-18)26-14-25-17)28-19-16(12-15(23)13-24-19)22(30)6-10-31-11-7-22/h2-3,12-14,30H,4-11H2,1H3,(H,24,28)(H,25,26,27)/p+1. The molecule has 5 heterocycles. The van der Waals surface area contributed by atoms with Crippen molar-refractivity contribution in [2.24, 2.45) is 0 Å². The highest BCUT2D eigenvalue weighted by molar-refractivity contribution is 5.69. The lowest BCUT2D eigenvalue weighted by atomic mass is 9.85. The number of nitrogens with zero attached hydrogens (tertiary/aromatic N) is 3. The van der Waals surface area contributed by atoms with Crippen molar-refractivity contribution in [1.29, 1.82) is 0 Å². The van der Waals surface area contributed by atoms with Gasteiger partial charge in [-0.25, -0.2) is 14.4 Å². The molecular formula is C22H28FN6O2+. The van der Waals surface area contributed by atoms with Crippen molar-refractivity contribution in [3.8, 4) is 0 Å². The van der Waals surface area contributed by atoms with Gasteiger partial charge in [-0.1, -0.05) is 4.98 Å². The Balaban J connectivity index is 1.33. The fraction of sp³-hybridized carbons (Fsp3) is 0.500. The normalized spacial score (nSPS) is 20.7. The predicted octanol–water partition coefficient (Wildman–Crippen LogP) is 2.38. The highest BCUT2D eigenvalue weighted by Crippen LogP contribution is 2.38. The van der Waals surface area contributed by atoms with Gasteiger partial charge >= 0.3 is 5.65 Å². The maximum atomic E-state index is 14.0. The van der Waals surface area contributed by atoms with Crippen LogP contribution in [0.2, 0.25) is 0 Å². The molecule has 2 fully saturated rings. The lowest BCUT2D eigenvalue weighted by Crippen LogP contribution is -2.48. The molecule has 0 atom stereocenters. The van der Waals surface area contributed by atoms with E-state index in [9.17, 15) is 9.50 Å². The minimum Gasteiger partial charge on any atom is -0.385 e. The van der Waals surface area contributed by atoms with Gasteiger partial charge in [0.2, 0.25) is 5.82 Å². The van der Waals surface area contributed by atoms with E-state index < -0.39 is 11.4 Å². The van der Waals surface area contributed by atoms with Gasteiger partial charge in [-0.3, -0.25) is 4.98 Å². The maximum Gasteiger partial charge on any atom is 0.301 e. The van der Waals surface area contributed by atoms with E-state index in [1.165, 1.54) is 12.3 Å². The van der Waals surface area contributed by atoms with Crippen molar-refractivity contribution in [3.63, 3.8) is 0 Å². The van der Waals surface area contributed by atoms with Gasteiger partial charge in [0.05, 0.1) is 11.8 Å². The van der Waals surface area contributed by atoms with Crippen molar-refractivity contribution >= 4 is 22.8 Å². The molecule has 0 saturated carbocycles. The first-order valence-corrected chi connectivity index (χ1v) is 10.8. The number of aromatic amines is 2. The number of fused-ring (bicyclic) bond motifs is 1. The van der Waals surface area contributed by atoms with E-state index >= 15 is 0 Å². The fourth-order valence-corrected chi connectivity index (χ4v) is 4.55. The zero-order valence-corrected chi connectivity index (χ0v) is 17.6. The Labute approximate surface area is 179 Å². The van der Waals surface area contributed by atoms with E-state index in [0.717, 1.165) is 42.9 Å². The number of H-pyrrole nitrogens is 2. The number of imidazole rings is 1. The molecule has 2 aliphatic rings. The van der Waals surface area contributed by atoms with Crippen LogP contribution in [0.15, 0.2) is 30.7 Å². The number of aromatic nitrogens is 4. The van der Waals surface area contributed by atoms with E-state index in [4.69, 9.17) is 9.72 Å². The average Bonchev–Trinajstić information content (AvgIpc) is 3.24. The lowest BCUT2D eigenvalue weighted by Gasteiger charge is -2.41. The zero-order valence-electron chi connectivity index (χ0n) is 17.6. The third-order valence-corrected chi connectivity index (χ3v) is 6.60. The topological polar surface area (TPSA) is 100 Å². The minimum atomic E-state index is -1.13. The van der Waals surface area contributed by atoms with Gasteiger partial charge in [0.1, 0.15) is 11.6 Å². The number of hydrogen-bond acceptors (Lipinski definition) is 6. The Kier molecular flexibility index (Phi) is 5.02. The molecule has 31 heavy (non-hydrogen) atoms. The number of hydrogen-bond donors (Lipinski definition) is 3. The van der Waals surface area contributed by atoms with Crippen molar-refractivity contribution in [2.45, 2.75) is 43.7 Å². The van der Waals surface area contributed by atoms with Crippen LogP contribution in [0.1, 0.15) is 38.2 Å². The smallest absolute Gasteiger partial charge is 0.301 e. The van der Waals surface area contributed by atoms with Gasteiger partial charge in [0.25, 0.3) is 0 Å². The number of pyridine rings is 2. The molecule has 0 spiro atoms. The first-order chi connectivity index (χ1) is 14.9. The molecule has 0 bridgehead atoms. The lowest BCUT2D eigenvalue weighted by molar-refractivity contribution is -0.347. The second kappa shape index (κ2) is 7.72. The summed E-state index contributed by atoms with van der Waals surface area (Å²) in [5.41, 5.74) is 0.998. The monoisotopic (exact) mass is 427 g/mol. The van der Waals surface area contributed by atoms with E-state index in [1.54, 1.807) is 6.33 Å². The summed E-state index contributed by atoms with van der Waals surface area (Å²) in [6, 6.07) is 5.47. The molecule has 0 aromatic carbocycles. The Morgan fingerprint density at radius 2 is 2.00 bits per heavy atom. The van der Waals surface area contributed by atoms with Crippen LogP contribution in [0.25, 0.3) is 11.2 Å². The molecule has 9 heteroatoms. The van der Waals surface area contributed by atoms with E-state index in [1.807, 2.05) is 12.1 Å². The zero-order chi connectivity index (χ0) is 21.5. The van der Waals surface area contributed by atoms with Crippen LogP contribution in [0.5, 0.6) is 0 Å². The van der Waals surface area contributed by atoms with E-state index in [2.05, 4.69) is 32.1 Å². The number of aliphatic hydroxyl groups is 1. The van der Waals surface area contributed by atoms with E-state index in [0.29, 0.717) is 37.4 Å². The van der Waals surface area contributed by atoms with Gasteiger partial charge in [-0.2, -0.15) is 0 Å². The van der Waals surface area contributed by atoms with Crippen LogP contribution in [-0.4, -0.2) is 51.9 Å². The highest BCUT2D eigenvalue weighted by Gasteiger charge is 2.38. The molecule has 8 nitrogen and oxygen atoms in total. The first kappa shape index (κ1) is 20.1. The second-order valence-corrected chi connectivity index (χ2v) is 8.86. The summed E-state index contributed by atoms with van der Waals surface area (Å²) in [6.45, 7) is 4.73. The summed E-state index contributed by atoms with van der Waals surface area (Å²) in [5.74, 6) is 1.06. The maximum absolute atomic E-state index is 14.0. The molecule has 2 saturated heterocycles. The van der Waals surface area contributed by atoms with Crippen LogP contribution < -0.4 is 15.2 Å². The highest BCUT2D eigenvalue weighted by atomic mass is 19.1. The summed E-state index contributed by atoms with van der Waals surface area (Å²) >= 11 is 0. The minimum absolute atomic E-state index is 0.220. The largest absolute Gasteiger partial charge is 0.385 e. The van der Waals surface area contributed by atoms with Gasteiger partial charge in [0, 0.05) is 56.3 Å². The van der Waals surface area contributed by atoms with Gasteiger partial charge < -0.3 is 20.1 Å². The number of piperidine rings is 1. The fourth-order valence-electron chi connectivity index (χ4n) is 4.55. The van der Waals surface area contributed by atoms with Crippen LogP contribution in [0, 0.1) is 5.82 Å². The van der Waals surface area contributed by atoms with Crippen LogP contribution in [0.4, 0.5) is 16.0 Å². The van der Waals surface area contributed by atoms with E-state index in [-0.39, 0.29) is 5.54 Å². The SMILES string of the molecule is CC1(Nc2ncc(F)cc2C2(O)CCOCC2)CCN(c2ccc3[nH]c[nH+]c3n2)CC1. The molecule has 3 aromatic heterocycles. The molecule has 3 aromatic rings. The summed E-state index contributed by atoms with van der Waals surface area (Å²) in [5, 5.41) is 14.7. The Morgan fingerprint density at radius 1 is 1.23 bits per heavy atom. The summed E-state index contributed by atoms with van der Waals surface area (Å²) in [6.07, 6.45) is 5.58.